The molecule has 2 unspecified atom stereocenters. The van der Waals surface area contributed by atoms with Crippen molar-refractivity contribution < 1.29 is 32.2 Å². The number of nitrogens with one attached hydrogen (secondary N) is 1. The topological polar surface area (TPSA) is 64.6 Å². The zero-order valence-corrected chi connectivity index (χ0v) is 17.1. The number of amides is 1. The molecule has 0 fully saturated rings. The summed E-state index contributed by atoms with van der Waals surface area (Å²) >= 11 is 0. The van der Waals surface area contributed by atoms with Crippen molar-refractivity contribution in [1.29, 1.82) is 0 Å². The van der Waals surface area contributed by atoms with Crippen molar-refractivity contribution in [1.82, 2.24) is 0 Å². The van der Waals surface area contributed by atoms with Gasteiger partial charge in [0.25, 0.3) is 0 Å². The predicted molar refractivity (Wildman–Crippen MR) is 109 cm³/mol. The molecular weight excluding hydrogens is 411 g/mol. The third-order valence-electron chi connectivity index (χ3n) is 5.67. The number of allylic oxidation sites excluding steroid dienone is 1. The Balaban J connectivity index is 2.36. The highest BCUT2D eigenvalue weighted by atomic mass is 19.4. The van der Waals surface area contributed by atoms with Gasteiger partial charge in [-0.25, -0.2) is 0 Å². The first-order valence-electron chi connectivity index (χ1n) is 9.53. The molecule has 0 bridgehead atoms. The fraction of sp³-hybridized carbons (Fsp3) is 0.304. The minimum atomic E-state index is -4.64. The fourth-order valence-corrected chi connectivity index (χ4v) is 4.25. The molecule has 31 heavy (non-hydrogen) atoms. The van der Waals surface area contributed by atoms with E-state index >= 15 is 0 Å². The molecule has 8 heteroatoms. The van der Waals surface area contributed by atoms with Gasteiger partial charge in [0.2, 0.25) is 5.91 Å². The minimum Gasteiger partial charge on any atom is -0.496 e. The van der Waals surface area contributed by atoms with E-state index in [1.807, 2.05) is 0 Å². The highest BCUT2D eigenvalue weighted by Gasteiger charge is 2.55. The van der Waals surface area contributed by atoms with E-state index in [1.165, 1.54) is 25.3 Å². The molecule has 0 aromatic heterocycles. The van der Waals surface area contributed by atoms with Crippen LogP contribution in [0.25, 0.3) is 0 Å². The molecule has 5 nitrogen and oxygen atoms in total. The lowest BCUT2D eigenvalue weighted by Gasteiger charge is -2.35. The molecular formula is C23H22F3NO4. The van der Waals surface area contributed by atoms with Gasteiger partial charge >= 0.3 is 12.1 Å². The molecule has 2 aromatic carbocycles. The number of halogens is 3. The van der Waals surface area contributed by atoms with Crippen LogP contribution in [0.1, 0.15) is 29.0 Å². The first kappa shape index (κ1) is 22.4. The number of ether oxygens (including phenoxy) is 2. The van der Waals surface area contributed by atoms with E-state index in [4.69, 9.17) is 9.47 Å². The van der Waals surface area contributed by atoms with E-state index in [2.05, 4.69) is 11.9 Å². The lowest BCUT2D eigenvalue weighted by molar-refractivity contribution is -0.158. The number of hydrogen-bond donors (Lipinski definition) is 1. The summed E-state index contributed by atoms with van der Waals surface area (Å²) < 4.78 is 51.8. The van der Waals surface area contributed by atoms with Crippen LogP contribution < -0.4 is 10.1 Å². The summed E-state index contributed by atoms with van der Waals surface area (Å²) in [4.78, 5) is 26.5. The molecule has 1 aliphatic rings. The van der Waals surface area contributed by atoms with Crippen molar-refractivity contribution in [2.75, 3.05) is 19.5 Å². The summed E-state index contributed by atoms with van der Waals surface area (Å²) in [6.45, 7) is 3.66. The van der Waals surface area contributed by atoms with Gasteiger partial charge < -0.3 is 14.8 Å². The Hall–Kier alpha value is -3.29. The van der Waals surface area contributed by atoms with E-state index in [1.54, 1.807) is 24.3 Å². The number of fused-ring (bicyclic) bond motifs is 1. The molecule has 0 saturated heterocycles. The number of rotatable bonds is 5. The Morgan fingerprint density at radius 1 is 1.23 bits per heavy atom. The molecule has 2 atom stereocenters. The van der Waals surface area contributed by atoms with Gasteiger partial charge in [0, 0.05) is 11.6 Å². The van der Waals surface area contributed by atoms with Crippen molar-refractivity contribution in [3.63, 3.8) is 0 Å². The first-order chi connectivity index (χ1) is 14.7. The maximum absolute atomic E-state index is 13.8. The van der Waals surface area contributed by atoms with Crippen molar-refractivity contribution in [3.8, 4) is 5.75 Å². The quantitative estimate of drug-likeness (QED) is 0.421. The van der Waals surface area contributed by atoms with E-state index < -0.39 is 34.9 Å². The Kier molecular flexibility index (Phi) is 6.10. The van der Waals surface area contributed by atoms with Crippen LogP contribution in [0.3, 0.4) is 0 Å². The smallest absolute Gasteiger partial charge is 0.416 e. The van der Waals surface area contributed by atoms with Crippen LogP contribution in [0.4, 0.5) is 18.9 Å². The fourth-order valence-electron chi connectivity index (χ4n) is 4.25. The Morgan fingerprint density at radius 3 is 2.55 bits per heavy atom. The average Bonchev–Trinajstić information content (AvgIpc) is 2.87. The molecule has 1 N–H and O–H groups in total. The highest BCUT2D eigenvalue weighted by Crippen LogP contribution is 2.50. The van der Waals surface area contributed by atoms with Crippen molar-refractivity contribution in [3.05, 3.63) is 71.8 Å². The predicted octanol–water partition coefficient (Wildman–Crippen LogP) is 4.73. The van der Waals surface area contributed by atoms with Crippen LogP contribution in [0.5, 0.6) is 5.75 Å². The number of alkyl halides is 3. The van der Waals surface area contributed by atoms with Gasteiger partial charge in [-0.15, -0.1) is 6.58 Å². The molecule has 1 aliphatic heterocycles. The molecule has 0 radical (unpaired) electrons. The number of benzene rings is 2. The number of anilines is 1. The average molecular weight is 433 g/mol. The van der Waals surface area contributed by atoms with Gasteiger partial charge in [0.15, 0.2) is 5.41 Å². The summed E-state index contributed by atoms with van der Waals surface area (Å²) in [5, 5.41) is 2.53. The first-order valence-corrected chi connectivity index (χ1v) is 9.53. The van der Waals surface area contributed by atoms with Crippen LogP contribution in [0.2, 0.25) is 0 Å². The van der Waals surface area contributed by atoms with Crippen LogP contribution in [-0.4, -0.2) is 26.1 Å². The van der Waals surface area contributed by atoms with Gasteiger partial charge in [-0.05, 0) is 42.2 Å². The SMILES string of the molecule is C=CCC1(C(=O)OC)C(=O)Nc2cccc(C(F)(F)F)c2CC1c1ccccc1OC. The summed E-state index contributed by atoms with van der Waals surface area (Å²) in [5.74, 6) is -2.26. The van der Waals surface area contributed by atoms with Crippen molar-refractivity contribution in [2.45, 2.75) is 24.9 Å². The van der Waals surface area contributed by atoms with Crippen LogP contribution in [-0.2, 0) is 26.9 Å². The summed E-state index contributed by atoms with van der Waals surface area (Å²) in [7, 11) is 2.55. The minimum absolute atomic E-state index is 0.00885. The van der Waals surface area contributed by atoms with E-state index in [9.17, 15) is 22.8 Å². The number of hydrogen-bond acceptors (Lipinski definition) is 4. The lowest BCUT2D eigenvalue weighted by atomic mass is 9.67. The number of carbonyl (C=O) groups is 2. The zero-order chi connectivity index (χ0) is 22.8. The van der Waals surface area contributed by atoms with Crippen LogP contribution >= 0.6 is 0 Å². The molecule has 164 valence electrons. The normalized spacial score (nSPS) is 20.8. The van der Waals surface area contributed by atoms with Gasteiger partial charge in [0.1, 0.15) is 5.75 Å². The number of carbonyl (C=O) groups excluding carboxylic acids is 2. The van der Waals surface area contributed by atoms with Gasteiger partial charge in [-0.3, -0.25) is 9.59 Å². The molecule has 1 amide bonds. The molecule has 3 rings (SSSR count). The molecule has 1 heterocycles. The third kappa shape index (κ3) is 3.78. The van der Waals surface area contributed by atoms with Gasteiger partial charge in [-0.2, -0.15) is 13.2 Å². The largest absolute Gasteiger partial charge is 0.496 e. The van der Waals surface area contributed by atoms with Crippen LogP contribution in [0.15, 0.2) is 55.1 Å². The third-order valence-corrected chi connectivity index (χ3v) is 5.67. The standard InChI is InChI=1S/C23H22F3NO4/c1-4-12-22(21(29)31-3)17(14-8-5-6-11-19(14)30-2)13-15-16(23(24,25)26)9-7-10-18(15)27-20(22)28/h4-11,17H,1,12-13H2,2-3H3,(H,27,28). The summed E-state index contributed by atoms with van der Waals surface area (Å²) in [6.07, 6.45) is -3.63. The summed E-state index contributed by atoms with van der Waals surface area (Å²) in [6, 6.07) is 10.2. The number of para-hydroxylation sites is 1. The molecule has 2 aromatic rings. The highest BCUT2D eigenvalue weighted by molar-refractivity contribution is 6.11. The zero-order valence-electron chi connectivity index (χ0n) is 17.1. The second-order valence-corrected chi connectivity index (χ2v) is 7.24. The summed E-state index contributed by atoms with van der Waals surface area (Å²) in [5.41, 5.74) is -2.38. The maximum atomic E-state index is 13.8. The Bertz CT molecular complexity index is 1020. The monoisotopic (exact) mass is 433 g/mol. The molecule has 0 aliphatic carbocycles. The Labute approximate surface area is 177 Å². The van der Waals surface area contributed by atoms with E-state index in [0.29, 0.717) is 11.3 Å². The van der Waals surface area contributed by atoms with Crippen LogP contribution in [0, 0.1) is 5.41 Å². The van der Waals surface area contributed by atoms with E-state index in [-0.39, 0.29) is 24.1 Å². The second kappa shape index (κ2) is 8.45. The Morgan fingerprint density at radius 2 is 1.94 bits per heavy atom. The maximum Gasteiger partial charge on any atom is 0.416 e. The second-order valence-electron chi connectivity index (χ2n) is 7.24. The number of methoxy groups -OCH3 is 2. The molecule has 0 saturated carbocycles. The van der Waals surface area contributed by atoms with E-state index in [0.717, 1.165) is 13.2 Å². The number of esters is 1. The van der Waals surface area contributed by atoms with Gasteiger partial charge in [-0.1, -0.05) is 30.3 Å². The van der Waals surface area contributed by atoms with Crippen molar-refractivity contribution >= 4 is 17.6 Å². The lowest BCUT2D eigenvalue weighted by Crippen LogP contribution is -2.47. The molecule has 0 spiro atoms. The van der Waals surface area contributed by atoms with Crippen molar-refractivity contribution in [2.24, 2.45) is 5.41 Å². The van der Waals surface area contributed by atoms with Gasteiger partial charge in [0.05, 0.1) is 19.8 Å².